The van der Waals surface area contributed by atoms with Crippen molar-refractivity contribution in [2.75, 3.05) is 19.6 Å². The molecule has 0 aliphatic carbocycles. The predicted octanol–water partition coefficient (Wildman–Crippen LogP) is 0.488. The lowest BCUT2D eigenvalue weighted by molar-refractivity contribution is -0.121. The van der Waals surface area contributed by atoms with Gasteiger partial charge in [0.2, 0.25) is 5.91 Å². The van der Waals surface area contributed by atoms with Gasteiger partial charge in [0.1, 0.15) is 0 Å². The molecule has 4 nitrogen and oxygen atoms in total. The Hall–Kier alpha value is -0.610. The second-order valence-electron chi connectivity index (χ2n) is 4.20. The highest BCUT2D eigenvalue weighted by atomic mass is 16.2. The van der Waals surface area contributed by atoms with Gasteiger partial charge in [-0.05, 0) is 38.3 Å². The molecule has 0 saturated carbocycles. The highest BCUT2D eigenvalue weighted by Gasteiger charge is 2.13. The summed E-state index contributed by atoms with van der Waals surface area (Å²) in [5.74, 6) is 5.79. The Bertz CT molecular complexity index is 184. The third-order valence-electron chi connectivity index (χ3n) is 2.93. The van der Waals surface area contributed by atoms with Crippen LogP contribution in [0.25, 0.3) is 0 Å². The quantitative estimate of drug-likeness (QED) is 0.395. The van der Waals surface area contributed by atoms with Crippen LogP contribution in [0, 0.1) is 5.92 Å². The van der Waals surface area contributed by atoms with Crippen molar-refractivity contribution in [2.45, 2.75) is 32.6 Å². The SMILES string of the molecule is CC1CCCN(CCC(=O)NN)CC1. The third kappa shape index (κ3) is 4.07. The fraction of sp³-hybridized carbons (Fsp3) is 0.900. The molecule has 1 amide bonds. The molecule has 0 aromatic heterocycles. The summed E-state index contributed by atoms with van der Waals surface area (Å²) in [5.41, 5.74) is 2.16. The summed E-state index contributed by atoms with van der Waals surface area (Å²) in [6.07, 6.45) is 4.35. The van der Waals surface area contributed by atoms with Crippen LogP contribution in [-0.4, -0.2) is 30.4 Å². The van der Waals surface area contributed by atoms with E-state index in [9.17, 15) is 4.79 Å². The van der Waals surface area contributed by atoms with E-state index in [-0.39, 0.29) is 5.91 Å². The van der Waals surface area contributed by atoms with Crippen molar-refractivity contribution in [1.29, 1.82) is 0 Å². The zero-order chi connectivity index (χ0) is 10.4. The lowest BCUT2D eigenvalue weighted by Gasteiger charge is -2.18. The Morgan fingerprint density at radius 3 is 3.00 bits per heavy atom. The molecule has 0 radical (unpaired) electrons. The summed E-state index contributed by atoms with van der Waals surface area (Å²) in [5, 5.41) is 0. The number of rotatable bonds is 3. The number of nitrogens with zero attached hydrogens (tertiary/aromatic N) is 1. The molecule has 1 aliphatic rings. The lowest BCUT2D eigenvalue weighted by atomic mass is 10.0. The number of carbonyl (C=O) groups excluding carboxylic acids is 1. The number of nitrogens with two attached hydrogens (primary N) is 1. The van der Waals surface area contributed by atoms with Crippen LogP contribution in [-0.2, 0) is 4.79 Å². The van der Waals surface area contributed by atoms with Gasteiger partial charge in [0.15, 0.2) is 0 Å². The van der Waals surface area contributed by atoms with Crippen molar-refractivity contribution in [1.82, 2.24) is 10.3 Å². The van der Waals surface area contributed by atoms with E-state index in [0.29, 0.717) is 6.42 Å². The minimum Gasteiger partial charge on any atom is -0.303 e. The summed E-state index contributed by atoms with van der Waals surface area (Å²) in [7, 11) is 0. The minimum absolute atomic E-state index is 0.0673. The van der Waals surface area contributed by atoms with E-state index in [1.807, 2.05) is 0 Å². The molecule has 0 aromatic rings. The highest BCUT2D eigenvalue weighted by molar-refractivity contribution is 5.75. The Kier molecular flexibility index (Phi) is 4.90. The average molecular weight is 199 g/mol. The van der Waals surface area contributed by atoms with Crippen LogP contribution in [0.5, 0.6) is 0 Å². The molecule has 14 heavy (non-hydrogen) atoms. The van der Waals surface area contributed by atoms with Gasteiger partial charge in [0.25, 0.3) is 0 Å². The third-order valence-corrected chi connectivity index (χ3v) is 2.93. The summed E-state index contributed by atoms with van der Waals surface area (Å²) in [6.45, 7) is 5.40. The molecular formula is C10H21N3O. The van der Waals surface area contributed by atoms with Crippen LogP contribution < -0.4 is 11.3 Å². The summed E-state index contributed by atoms with van der Waals surface area (Å²) < 4.78 is 0. The van der Waals surface area contributed by atoms with E-state index < -0.39 is 0 Å². The summed E-state index contributed by atoms with van der Waals surface area (Å²) >= 11 is 0. The average Bonchev–Trinajstić information content (AvgIpc) is 2.39. The molecule has 0 aromatic carbocycles. The van der Waals surface area contributed by atoms with Crippen LogP contribution in [0.1, 0.15) is 32.6 Å². The van der Waals surface area contributed by atoms with Crippen molar-refractivity contribution in [2.24, 2.45) is 11.8 Å². The first-order chi connectivity index (χ1) is 6.72. The van der Waals surface area contributed by atoms with Gasteiger partial charge in [-0.15, -0.1) is 0 Å². The number of amides is 1. The monoisotopic (exact) mass is 199 g/mol. The molecule has 82 valence electrons. The van der Waals surface area contributed by atoms with Crippen LogP contribution in [0.4, 0.5) is 0 Å². The van der Waals surface area contributed by atoms with E-state index in [0.717, 1.165) is 25.6 Å². The molecule has 1 atom stereocenters. The van der Waals surface area contributed by atoms with Gasteiger partial charge in [-0.25, -0.2) is 5.84 Å². The van der Waals surface area contributed by atoms with Crippen LogP contribution in [0.15, 0.2) is 0 Å². The van der Waals surface area contributed by atoms with Gasteiger partial charge in [0, 0.05) is 13.0 Å². The first-order valence-corrected chi connectivity index (χ1v) is 5.44. The normalized spacial score (nSPS) is 24.3. The van der Waals surface area contributed by atoms with Gasteiger partial charge < -0.3 is 4.90 Å². The zero-order valence-corrected chi connectivity index (χ0v) is 8.96. The number of hydrazine groups is 1. The highest BCUT2D eigenvalue weighted by Crippen LogP contribution is 2.16. The maximum Gasteiger partial charge on any atom is 0.235 e. The molecule has 4 heteroatoms. The molecule has 1 rings (SSSR count). The maximum absolute atomic E-state index is 10.9. The molecule has 0 bridgehead atoms. The minimum atomic E-state index is -0.0673. The second-order valence-corrected chi connectivity index (χ2v) is 4.20. The van der Waals surface area contributed by atoms with Crippen LogP contribution in [0.2, 0.25) is 0 Å². The Morgan fingerprint density at radius 2 is 2.29 bits per heavy atom. The van der Waals surface area contributed by atoms with Gasteiger partial charge in [-0.1, -0.05) is 6.92 Å². The summed E-state index contributed by atoms with van der Waals surface area (Å²) in [4.78, 5) is 13.3. The zero-order valence-electron chi connectivity index (χ0n) is 8.96. The van der Waals surface area contributed by atoms with Crippen molar-refractivity contribution < 1.29 is 4.79 Å². The van der Waals surface area contributed by atoms with E-state index in [4.69, 9.17) is 5.84 Å². The molecule has 1 aliphatic heterocycles. The molecule has 3 N–H and O–H groups in total. The first kappa shape index (κ1) is 11.5. The van der Waals surface area contributed by atoms with E-state index in [1.165, 1.54) is 19.3 Å². The fourth-order valence-corrected chi connectivity index (χ4v) is 1.88. The number of nitrogens with one attached hydrogen (secondary N) is 1. The largest absolute Gasteiger partial charge is 0.303 e. The molecular weight excluding hydrogens is 178 g/mol. The lowest BCUT2D eigenvalue weighted by Crippen LogP contribution is -2.34. The smallest absolute Gasteiger partial charge is 0.235 e. The van der Waals surface area contributed by atoms with Gasteiger partial charge in [0.05, 0.1) is 0 Å². The van der Waals surface area contributed by atoms with Gasteiger partial charge >= 0.3 is 0 Å². The number of carbonyl (C=O) groups is 1. The standard InChI is InChI=1S/C10H21N3O/c1-9-3-2-6-13(7-4-9)8-5-10(14)12-11/h9H,2-8,11H2,1H3,(H,12,14). The van der Waals surface area contributed by atoms with E-state index in [1.54, 1.807) is 0 Å². The van der Waals surface area contributed by atoms with Crippen molar-refractivity contribution in [3.63, 3.8) is 0 Å². The molecule has 1 saturated heterocycles. The van der Waals surface area contributed by atoms with Crippen molar-refractivity contribution in [3.8, 4) is 0 Å². The number of hydrogen-bond donors (Lipinski definition) is 2. The van der Waals surface area contributed by atoms with Crippen LogP contribution in [0.3, 0.4) is 0 Å². The Morgan fingerprint density at radius 1 is 1.50 bits per heavy atom. The number of likely N-dealkylation sites (tertiary alicyclic amines) is 1. The Labute approximate surface area is 85.8 Å². The van der Waals surface area contributed by atoms with Gasteiger partial charge in [-0.3, -0.25) is 10.2 Å². The first-order valence-electron chi connectivity index (χ1n) is 5.44. The van der Waals surface area contributed by atoms with Gasteiger partial charge in [-0.2, -0.15) is 0 Å². The Balaban J connectivity index is 2.20. The van der Waals surface area contributed by atoms with Crippen molar-refractivity contribution in [3.05, 3.63) is 0 Å². The van der Waals surface area contributed by atoms with Crippen molar-refractivity contribution >= 4 is 5.91 Å². The topological polar surface area (TPSA) is 58.4 Å². The van der Waals surface area contributed by atoms with E-state index >= 15 is 0 Å². The van der Waals surface area contributed by atoms with Crippen LogP contribution >= 0.6 is 0 Å². The maximum atomic E-state index is 10.9. The number of hydrogen-bond acceptors (Lipinski definition) is 3. The predicted molar refractivity (Wildman–Crippen MR) is 56.4 cm³/mol. The molecule has 1 fully saturated rings. The fourth-order valence-electron chi connectivity index (χ4n) is 1.88. The molecule has 0 spiro atoms. The second kappa shape index (κ2) is 5.98. The molecule has 1 unspecified atom stereocenters. The molecule has 1 heterocycles. The van der Waals surface area contributed by atoms with E-state index in [2.05, 4.69) is 17.2 Å². The summed E-state index contributed by atoms with van der Waals surface area (Å²) in [6, 6.07) is 0.